The van der Waals surface area contributed by atoms with Gasteiger partial charge in [0.1, 0.15) is 5.76 Å². The van der Waals surface area contributed by atoms with Gasteiger partial charge in [0.05, 0.1) is 4.88 Å². The number of hydrogen-bond acceptors (Lipinski definition) is 5. The van der Waals surface area contributed by atoms with E-state index >= 15 is 0 Å². The summed E-state index contributed by atoms with van der Waals surface area (Å²) in [5, 5.41) is 8.21. The third-order valence-corrected chi connectivity index (χ3v) is 3.44. The number of amides is 1. The maximum atomic E-state index is 11.9. The highest BCUT2D eigenvalue weighted by molar-refractivity contribution is 7.12. The monoisotopic (exact) mass is 278 g/mol. The van der Waals surface area contributed by atoms with Crippen LogP contribution in [0.25, 0.3) is 0 Å². The largest absolute Gasteiger partial charge is 0.361 e. The van der Waals surface area contributed by atoms with E-state index in [1.54, 1.807) is 26.0 Å². The lowest BCUT2D eigenvalue weighted by atomic mass is 10.1. The molecule has 0 aliphatic carbocycles. The van der Waals surface area contributed by atoms with Crippen LogP contribution >= 0.6 is 11.3 Å². The van der Waals surface area contributed by atoms with Crippen molar-refractivity contribution in [2.45, 2.75) is 26.3 Å². The summed E-state index contributed by atoms with van der Waals surface area (Å²) in [4.78, 5) is 24.4. The lowest BCUT2D eigenvalue weighted by molar-refractivity contribution is 0.0912. The fourth-order valence-corrected chi connectivity index (χ4v) is 2.31. The van der Waals surface area contributed by atoms with Crippen LogP contribution in [0, 0.1) is 6.92 Å². The molecular weight excluding hydrogens is 264 g/mol. The fraction of sp³-hybridized carbons (Fsp3) is 0.308. The van der Waals surface area contributed by atoms with Crippen LogP contribution in [0.5, 0.6) is 0 Å². The maximum absolute atomic E-state index is 11.9. The minimum Gasteiger partial charge on any atom is -0.361 e. The summed E-state index contributed by atoms with van der Waals surface area (Å²) in [6.07, 6.45) is 0.267. The van der Waals surface area contributed by atoms with E-state index in [1.165, 1.54) is 11.3 Å². The summed E-state index contributed by atoms with van der Waals surface area (Å²) in [5.74, 6) is 0.273. The van der Waals surface area contributed by atoms with Crippen molar-refractivity contribution in [3.63, 3.8) is 0 Å². The summed E-state index contributed by atoms with van der Waals surface area (Å²) < 4.78 is 4.83. The second-order valence-electron chi connectivity index (χ2n) is 4.30. The van der Waals surface area contributed by atoms with Gasteiger partial charge >= 0.3 is 0 Å². The van der Waals surface area contributed by atoms with Gasteiger partial charge in [0, 0.05) is 18.5 Å². The third kappa shape index (κ3) is 3.51. The van der Waals surface area contributed by atoms with Crippen LogP contribution in [0.4, 0.5) is 0 Å². The average molecular weight is 278 g/mol. The molecule has 0 saturated carbocycles. The molecule has 6 heteroatoms. The maximum Gasteiger partial charge on any atom is 0.273 e. The highest BCUT2D eigenvalue weighted by atomic mass is 32.1. The highest BCUT2D eigenvalue weighted by Crippen LogP contribution is 2.12. The number of aromatic nitrogens is 1. The van der Waals surface area contributed by atoms with Gasteiger partial charge in [-0.25, -0.2) is 0 Å². The minimum absolute atomic E-state index is 0.0270. The number of carbonyl (C=O) groups is 2. The van der Waals surface area contributed by atoms with E-state index in [0.717, 1.165) is 0 Å². The molecule has 5 nitrogen and oxygen atoms in total. The molecule has 1 N–H and O–H groups in total. The zero-order valence-electron chi connectivity index (χ0n) is 10.7. The molecule has 0 aromatic carbocycles. The molecule has 0 bridgehead atoms. The smallest absolute Gasteiger partial charge is 0.273 e. The standard InChI is InChI=1S/C13H14N2O3S/c1-8(6-11(16)12-4-3-5-19-12)14-13(17)10-7-9(2)18-15-10/h3-5,7-8H,6H2,1-2H3,(H,14,17)/t8-/m1/s1. The normalized spacial score (nSPS) is 12.1. The molecular formula is C13H14N2O3S. The highest BCUT2D eigenvalue weighted by Gasteiger charge is 2.17. The van der Waals surface area contributed by atoms with Crippen molar-refractivity contribution in [3.05, 3.63) is 39.9 Å². The Morgan fingerprint density at radius 3 is 2.89 bits per heavy atom. The number of carbonyl (C=O) groups excluding carboxylic acids is 2. The van der Waals surface area contributed by atoms with Crippen LogP contribution in [-0.2, 0) is 0 Å². The molecule has 2 aromatic rings. The minimum atomic E-state index is -0.330. The van der Waals surface area contributed by atoms with Gasteiger partial charge in [-0.2, -0.15) is 0 Å². The summed E-state index contributed by atoms with van der Waals surface area (Å²) in [7, 11) is 0. The SMILES string of the molecule is Cc1cc(C(=O)N[C@H](C)CC(=O)c2cccs2)no1. The van der Waals surface area contributed by atoms with Gasteiger partial charge in [-0.05, 0) is 25.3 Å². The van der Waals surface area contributed by atoms with Crippen molar-refractivity contribution in [1.29, 1.82) is 0 Å². The zero-order chi connectivity index (χ0) is 13.8. The molecule has 0 unspecified atom stereocenters. The van der Waals surface area contributed by atoms with E-state index in [-0.39, 0.29) is 29.8 Å². The summed E-state index contributed by atoms with van der Waals surface area (Å²) in [6, 6.07) is 4.92. The number of Topliss-reactive ketones (excluding diaryl/α,β-unsaturated/α-hetero) is 1. The quantitative estimate of drug-likeness (QED) is 0.853. The Hall–Kier alpha value is -1.95. The van der Waals surface area contributed by atoms with Crippen molar-refractivity contribution in [1.82, 2.24) is 10.5 Å². The molecule has 1 atom stereocenters. The molecule has 0 saturated heterocycles. The van der Waals surface area contributed by atoms with Crippen LogP contribution < -0.4 is 5.32 Å². The number of aryl methyl sites for hydroxylation is 1. The first-order valence-corrected chi connectivity index (χ1v) is 6.75. The number of ketones is 1. The first-order chi connectivity index (χ1) is 9.06. The van der Waals surface area contributed by atoms with Gasteiger partial charge < -0.3 is 9.84 Å². The van der Waals surface area contributed by atoms with E-state index in [0.29, 0.717) is 10.6 Å². The third-order valence-electron chi connectivity index (χ3n) is 2.53. The van der Waals surface area contributed by atoms with Crippen molar-refractivity contribution < 1.29 is 14.1 Å². The Morgan fingerprint density at radius 2 is 2.32 bits per heavy atom. The first kappa shape index (κ1) is 13.5. The van der Waals surface area contributed by atoms with Crippen LogP contribution in [-0.4, -0.2) is 22.9 Å². The van der Waals surface area contributed by atoms with Gasteiger partial charge in [0.15, 0.2) is 11.5 Å². The molecule has 0 aliphatic rings. The molecule has 0 radical (unpaired) electrons. The number of nitrogens with one attached hydrogen (secondary N) is 1. The molecule has 1 amide bonds. The Morgan fingerprint density at radius 1 is 1.53 bits per heavy atom. The van der Waals surface area contributed by atoms with E-state index < -0.39 is 0 Å². The van der Waals surface area contributed by atoms with Gasteiger partial charge in [-0.1, -0.05) is 11.2 Å². The molecule has 19 heavy (non-hydrogen) atoms. The van der Waals surface area contributed by atoms with Crippen molar-refractivity contribution >= 4 is 23.0 Å². The zero-order valence-corrected chi connectivity index (χ0v) is 11.5. The number of hydrogen-bond donors (Lipinski definition) is 1. The van der Waals surface area contributed by atoms with Gasteiger partial charge in [0.25, 0.3) is 5.91 Å². The van der Waals surface area contributed by atoms with E-state index in [4.69, 9.17) is 4.52 Å². The predicted octanol–water partition coefficient (Wildman–Crippen LogP) is 2.44. The van der Waals surface area contributed by atoms with Crippen LogP contribution in [0.3, 0.4) is 0 Å². The van der Waals surface area contributed by atoms with Crippen molar-refractivity contribution in [3.8, 4) is 0 Å². The Balaban J connectivity index is 1.89. The predicted molar refractivity (Wildman–Crippen MR) is 71.4 cm³/mol. The average Bonchev–Trinajstić information content (AvgIpc) is 2.98. The van der Waals surface area contributed by atoms with Crippen LogP contribution in [0.15, 0.2) is 28.1 Å². The van der Waals surface area contributed by atoms with Crippen LogP contribution in [0.1, 0.15) is 39.3 Å². The summed E-state index contributed by atoms with van der Waals surface area (Å²) >= 11 is 1.40. The molecule has 2 heterocycles. The lowest BCUT2D eigenvalue weighted by Gasteiger charge is -2.11. The Labute approximate surface area is 114 Å². The van der Waals surface area contributed by atoms with Crippen molar-refractivity contribution in [2.24, 2.45) is 0 Å². The number of rotatable bonds is 5. The van der Waals surface area contributed by atoms with Gasteiger partial charge in [0.2, 0.25) is 0 Å². The Kier molecular flexibility index (Phi) is 4.11. The Bertz CT molecular complexity index is 574. The lowest BCUT2D eigenvalue weighted by Crippen LogP contribution is -2.34. The topological polar surface area (TPSA) is 72.2 Å². The number of nitrogens with zero attached hydrogens (tertiary/aromatic N) is 1. The van der Waals surface area contributed by atoms with Crippen molar-refractivity contribution in [2.75, 3.05) is 0 Å². The fourth-order valence-electron chi connectivity index (χ4n) is 1.64. The van der Waals surface area contributed by atoms with E-state index in [2.05, 4.69) is 10.5 Å². The molecule has 100 valence electrons. The molecule has 0 spiro atoms. The number of thiophene rings is 1. The van der Waals surface area contributed by atoms with E-state index in [9.17, 15) is 9.59 Å². The molecule has 2 rings (SSSR count). The van der Waals surface area contributed by atoms with Gasteiger partial charge in [-0.15, -0.1) is 11.3 Å². The first-order valence-electron chi connectivity index (χ1n) is 5.87. The molecule has 0 aliphatic heterocycles. The summed E-state index contributed by atoms with van der Waals surface area (Å²) in [6.45, 7) is 3.50. The van der Waals surface area contributed by atoms with Gasteiger partial charge in [-0.3, -0.25) is 9.59 Å². The second-order valence-corrected chi connectivity index (χ2v) is 5.25. The van der Waals surface area contributed by atoms with Crippen LogP contribution in [0.2, 0.25) is 0 Å². The summed E-state index contributed by atoms with van der Waals surface area (Å²) in [5.41, 5.74) is 0.230. The second kappa shape index (κ2) is 5.79. The molecule has 0 fully saturated rings. The van der Waals surface area contributed by atoms with E-state index in [1.807, 2.05) is 11.4 Å². The molecule has 2 aromatic heterocycles.